The lowest BCUT2D eigenvalue weighted by atomic mass is 10.0. The van der Waals surface area contributed by atoms with Crippen molar-refractivity contribution < 1.29 is 13.2 Å². The summed E-state index contributed by atoms with van der Waals surface area (Å²) < 4.78 is 26.5. The molecule has 0 aromatic heterocycles. The molecule has 1 aliphatic rings. The number of likely N-dealkylation sites (tertiary alicyclic amines) is 1. The molecule has 0 saturated carbocycles. The summed E-state index contributed by atoms with van der Waals surface area (Å²) in [6, 6.07) is 14.6. The maximum Gasteiger partial charge on any atom is 0.244 e. The standard InChI is InChI=1S/C25H35N3O3S/c1-4-24(28(32(3,30)31)23-14-10-11-20(2)17-23)25(29)26-18-21-12-6-7-13-22(21)19-27-15-8-5-9-16-27/h6-7,10-14,17,24H,4-5,8-9,15-16,18-19H2,1-3H3,(H,26,29)/t24-/m1/s1. The second-order valence-electron chi connectivity index (χ2n) is 8.65. The lowest BCUT2D eigenvalue weighted by Gasteiger charge is -2.30. The Hall–Kier alpha value is -2.38. The average molecular weight is 458 g/mol. The average Bonchev–Trinajstić information content (AvgIpc) is 2.76. The van der Waals surface area contributed by atoms with Crippen molar-refractivity contribution in [1.29, 1.82) is 0 Å². The van der Waals surface area contributed by atoms with E-state index in [9.17, 15) is 13.2 Å². The Morgan fingerprint density at radius 3 is 2.38 bits per heavy atom. The van der Waals surface area contributed by atoms with Gasteiger partial charge in [-0.3, -0.25) is 14.0 Å². The number of carbonyl (C=O) groups is 1. The van der Waals surface area contributed by atoms with E-state index < -0.39 is 16.1 Å². The van der Waals surface area contributed by atoms with E-state index in [0.29, 0.717) is 18.7 Å². The van der Waals surface area contributed by atoms with Gasteiger partial charge in [-0.25, -0.2) is 8.42 Å². The van der Waals surface area contributed by atoms with Crippen LogP contribution in [0.1, 0.15) is 49.3 Å². The first-order valence-corrected chi connectivity index (χ1v) is 13.3. The van der Waals surface area contributed by atoms with Crippen LogP contribution >= 0.6 is 0 Å². The number of benzene rings is 2. The first-order valence-electron chi connectivity index (χ1n) is 11.4. The fourth-order valence-corrected chi connectivity index (χ4v) is 5.57. The van der Waals surface area contributed by atoms with Crippen molar-refractivity contribution in [3.63, 3.8) is 0 Å². The van der Waals surface area contributed by atoms with Gasteiger partial charge in [0.1, 0.15) is 6.04 Å². The van der Waals surface area contributed by atoms with Crippen molar-refractivity contribution in [1.82, 2.24) is 10.2 Å². The second-order valence-corrected chi connectivity index (χ2v) is 10.5. The number of sulfonamides is 1. The van der Waals surface area contributed by atoms with E-state index >= 15 is 0 Å². The minimum atomic E-state index is -3.64. The molecule has 1 N–H and O–H groups in total. The van der Waals surface area contributed by atoms with Crippen LogP contribution in [0.4, 0.5) is 5.69 Å². The van der Waals surface area contributed by atoms with Crippen LogP contribution in [0.5, 0.6) is 0 Å². The molecule has 1 atom stereocenters. The summed E-state index contributed by atoms with van der Waals surface area (Å²) >= 11 is 0. The third-order valence-electron chi connectivity index (χ3n) is 6.00. The van der Waals surface area contributed by atoms with Gasteiger partial charge in [0, 0.05) is 13.1 Å². The van der Waals surface area contributed by atoms with Gasteiger partial charge in [0.2, 0.25) is 15.9 Å². The van der Waals surface area contributed by atoms with Crippen LogP contribution in [0.15, 0.2) is 48.5 Å². The van der Waals surface area contributed by atoms with Crippen molar-refractivity contribution in [2.24, 2.45) is 0 Å². The van der Waals surface area contributed by atoms with E-state index in [4.69, 9.17) is 0 Å². The maximum absolute atomic E-state index is 13.2. The number of nitrogens with one attached hydrogen (secondary N) is 1. The van der Waals surface area contributed by atoms with Crippen LogP contribution in [0.2, 0.25) is 0 Å². The van der Waals surface area contributed by atoms with Gasteiger partial charge in [-0.15, -0.1) is 0 Å². The van der Waals surface area contributed by atoms with Gasteiger partial charge in [-0.2, -0.15) is 0 Å². The van der Waals surface area contributed by atoms with Crippen molar-refractivity contribution in [2.75, 3.05) is 23.7 Å². The number of anilines is 1. The van der Waals surface area contributed by atoms with E-state index in [1.807, 2.05) is 44.2 Å². The predicted octanol–water partition coefficient (Wildman–Crippen LogP) is 3.84. The number of amides is 1. The largest absolute Gasteiger partial charge is 0.350 e. The third-order valence-corrected chi connectivity index (χ3v) is 7.18. The number of piperidine rings is 1. The molecule has 2 aromatic rings. The molecule has 0 aliphatic carbocycles. The molecule has 0 bridgehead atoms. The number of aryl methyl sites for hydroxylation is 1. The normalized spacial score (nSPS) is 15.8. The topological polar surface area (TPSA) is 69.7 Å². The van der Waals surface area contributed by atoms with Crippen LogP contribution < -0.4 is 9.62 Å². The Bertz CT molecular complexity index is 1020. The van der Waals surface area contributed by atoms with Gasteiger partial charge in [0.05, 0.1) is 11.9 Å². The first-order chi connectivity index (χ1) is 15.3. The number of carbonyl (C=O) groups excluding carboxylic acids is 1. The molecule has 2 aromatic carbocycles. The van der Waals surface area contributed by atoms with Crippen molar-refractivity contribution >= 4 is 21.6 Å². The summed E-state index contributed by atoms with van der Waals surface area (Å²) in [6.07, 6.45) is 5.29. The van der Waals surface area contributed by atoms with Crippen molar-refractivity contribution in [3.8, 4) is 0 Å². The molecule has 1 heterocycles. The summed E-state index contributed by atoms with van der Waals surface area (Å²) in [5, 5.41) is 3.00. The lowest BCUT2D eigenvalue weighted by molar-refractivity contribution is -0.122. The predicted molar refractivity (Wildman–Crippen MR) is 130 cm³/mol. The van der Waals surface area contributed by atoms with Gasteiger partial charge >= 0.3 is 0 Å². The van der Waals surface area contributed by atoms with E-state index in [-0.39, 0.29) is 5.91 Å². The molecule has 6 nitrogen and oxygen atoms in total. The van der Waals surface area contributed by atoms with Crippen molar-refractivity contribution in [3.05, 3.63) is 65.2 Å². The molecule has 0 unspecified atom stereocenters. The van der Waals surface area contributed by atoms with E-state index in [1.165, 1.54) is 29.1 Å². The van der Waals surface area contributed by atoms with E-state index in [0.717, 1.165) is 37.0 Å². The van der Waals surface area contributed by atoms with Crippen LogP contribution in [0.3, 0.4) is 0 Å². The second kappa shape index (κ2) is 11.0. The van der Waals surface area contributed by atoms with E-state index in [2.05, 4.69) is 16.3 Å². The molecule has 3 rings (SSSR count). The summed E-state index contributed by atoms with van der Waals surface area (Å²) in [5.74, 6) is -0.285. The molecule has 0 radical (unpaired) electrons. The summed E-state index contributed by atoms with van der Waals surface area (Å²) in [6.45, 7) is 7.22. The zero-order valence-corrected chi connectivity index (χ0v) is 20.2. The van der Waals surface area contributed by atoms with Crippen LogP contribution in [-0.4, -0.2) is 44.6 Å². The van der Waals surface area contributed by atoms with E-state index in [1.54, 1.807) is 12.1 Å². The lowest BCUT2D eigenvalue weighted by Crippen LogP contribution is -2.49. The number of hydrogen-bond acceptors (Lipinski definition) is 4. The molecule has 7 heteroatoms. The number of rotatable bonds is 9. The molecule has 0 spiro atoms. The molecular formula is C25H35N3O3S. The van der Waals surface area contributed by atoms with Crippen molar-refractivity contribution in [2.45, 2.75) is 58.7 Å². The highest BCUT2D eigenvalue weighted by molar-refractivity contribution is 7.92. The van der Waals surface area contributed by atoms with Gasteiger partial charge in [0.25, 0.3) is 0 Å². The van der Waals surface area contributed by atoms with Crippen LogP contribution in [0, 0.1) is 6.92 Å². The molecule has 1 aliphatic heterocycles. The van der Waals surface area contributed by atoms with Gasteiger partial charge < -0.3 is 5.32 Å². The van der Waals surface area contributed by atoms with Gasteiger partial charge in [0.15, 0.2) is 0 Å². The molecule has 1 fully saturated rings. The summed E-state index contributed by atoms with van der Waals surface area (Å²) in [4.78, 5) is 15.6. The third kappa shape index (κ3) is 6.33. The Balaban J connectivity index is 1.75. The Labute approximate surface area is 192 Å². The quantitative estimate of drug-likeness (QED) is 0.621. The van der Waals surface area contributed by atoms with Crippen LogP contribution in [-0.2, 0) is 27.9 Å². The fourth-order valence-electron chi connectivity index (χ4n) is 4.37. The minimum Gasteiger partial charge on any atom is -0.350 e. The fraction of sp³-hybridized carbons (Fsp3) is 0.480. The molecular weight excluding hydrogens is 422 g/mol. The smallest absolute Gasteiger partial charge is 0.244 e. The minimum absolute atomic E-state index is 0.285. The SMILES string of the molecule is CC[C@H](C(=O)NCc1ccccc1CN1CCCCC1)N(c1cccc(C)c1)S(C)(=O)=O. The summed E-state index contributed by atoms with van der Waals surface area (Å²) in [5.41, 5.74) is 3.74. The number of nitrogens with zero attached hydrogens (tertiary/aromatic N) is 2. The monoisotopic (exact) mass is 457 g/mol. The van der Waals surface area contributed by atoms with Crippen LogP contribution in [0.25, 0.3) is 0 Å². The maximum atomic E-state index is 13.2. The van der Waals surface area contributed by atoms with Gasteiger partial charge in [-0.1, -0.05) is 49.7 Å². The highest BCUT2D eigenvalue weighted by Gasteiger charge is 2.31. The molecule has 1 saturated heterocycles. The highest BCUT2D eigenvalue weighted by Crippen LogP contribution is 2.24. The Morgan fingerprint density at radius 2 is 1.75 bits per heavy atom. The zero-order chi connectivity index (χ0) is 23.1. The Morgan fingerprint density at radius 1 is 1.06 bits per heavy atom. The molecule has 174 valence electrons. The summed E-state index contributed by atoms with van der Waals surface area (Å²) in [7, 11) is -3.64. The molecule has 32 heavy (non-hydrogen) atoms. The first kappa shape index (κ1) is 24.3. The molecule has 1 amide bonds. The highest BCUT2D eigenvalue weighted by atomic mass is 32.2. The Kier molecular flexibility index (Phi) is 8.32. The van der Waals surface area contributed by atoms with Gasteiger partial charge in [-0.05, 0) is 68.1 Å². The zero-order valence-electron chi connectivity index (χ0n) is 19.4. The number of hydrogen-bond donors (Lipinski definition) is 1.